The molecule has 1 fully saturated rings. The molecule has 1 N–H and O–H groups in total. The van der Waals surface area contributed by atoms with Gasteiger partial charge in [-0.3, -0.25) is 4.79 Å². The van der Waals surface area contributed by atoms with Crippen molar-refractivity contribution in [2.45, 2.75) is 26.7 Å². The van der Waals surface area contributed by atoms with Gasteiger partial charge in [-0.15, -0.1) is 0 Å². The molecule has 0 aliphatic carbocycles. The van der Waals surface area contributed by atoms with Crippen LogP contribution in [0.15, 0.2) is 30.3 Å². The first-order valence-electron chi connectivity index (χ1n) is 7.66. The fourth-order valence-electron chi connectivity index (χ4n) is 2.81. The number of nitrogens with zero attached hydrogens (tertiary/aromatic N) is 2. The van der Waals surface area contributed by atoms with E-state index in [0.717, 1.165) is 35.6 Å². The van der Waals surface area contributed by atoms with Crippen molar-refractivity contribution in [3.8, 4) is 5.69 Å². The summed E-state index contributed by atoms with van der Waals surface area (Å²) in [4.78, 5) is 12.3. The van der Waals surface area contributed by atoms with Crippen molar-refractivity contribution < 1.29 is 9.53 Å². The Morgan fingerprint density at radius 3 is 2.73 bits per heavy atom. The number of nitrogens with one attached hydrogen (secondary N) is 1. The van der Waals surface area contributed by atoms with Crippen molar-refractivity contribution in [3.05, 3.63) is 41.7 Å². The van der Waals surface area contributed by atoms with E-state index in [0.29, 0.717) is 13.2 Å². The van der Waals surface area contributed by atoms with Crippen LogP contribution in [-0.2, 0) is 9.53 Å². The molecule has 5 nitrogen and oxygen atoms in total. The number of anilines is 1. The molecule has 1 aromatic heterocycles. The highest BCUT2D eigenvalue weighted by atomic mass is 16.5. The van der Waals surface area contributed by atoms with Crippen LogP contribution in [0, 0.1) is 19.8 Å². The zero-order chi connectivity index (χ0) is 15.5. The average Bonchev–Trinajstić information content (AvgIpc) is 2.87. The fourth-order valence-corrected chi connectivity index (χ4v) is 2.81. The van der Waals surface area contributed by atoms with Gasteiger partial charge in [-0.1, -0.05) is 6.07 Å². The number of hydrogen-bond acceptors (Lipinski definition) is 3. The summed E-state index contributed by atoms with van der Waals surface area (Å²) in [5.41, 5.74) is 3.82. The maximum absolute atomic E-state index is 12.3. The average molecular weight is 299 g/mol. The highest BCUT2D eigenvalue weighted by molar-refractivity contribution is 5.92. The summed E-state index contributed by atoms with van der Waals surface area (Å²) in [6, 6.07) is 9.82. The molecule has 1 saturated heterocycles. The van der Waals surface area contributed by atoms with Gasteiger partial charge < -0.3 is 10.1 Å². The normalized spacial score (nSPS) is 15.7. The molecular weight excluding hydrogens is 278 g/mol. The maximum atomic E-state index is 12.3. The molecule has 2 heterocycles. The van der Waals surface area contributed by atoms with Gasteiger partial charge in [0.2, 0.25) is 5.91 Å². The Bertz CT molecular complexity index is 672. The predicted molar refractivity (Wildman–Crippen MR) is 85.2 cm³/mol. The van der Waals surface area contributed by atoms with E-state index < -0.39 is 0 Å². The fraction of sp³-hybridized carbons (Fsp3) is 0.412. The van der Waals surface area contributed by atoms with E-state index in [2.05, 4.69) is 10.4 Å². The van der Waals surface area contributed by atoms with Crippen LogP contribution < -0.4 is 5.32 Å². The van der Waals surface area contributed by atoms with Gasteiger partial charge in [0, 0.05) is 30.5 Å². The lowest BCUT2D eigenvalue weighted by atomic mass is 9.99. The molecule has 0 unspecified atom stereocenters. The highest BCUT2D eigenvalue weighted by Gasteiger charge is 2.21. The zero-order valence-electron chi connectivity index (χ0n) is 13.0. The van der Waals surface area contributed by atoms with Gasteiger partial charge in [-0.25, -0.2) is 4.68 Å². The molecule has 0 radical (unpaired) electrons. The van der Waals surface area contributed by atoms with E-state index in [4.69, 9.17) is 4.74 Å². The van der Waals surface area contributed by atoms with Crippen molar-refractivity contribution >= 4 is 11.6 Å². The van der Waals surface area contributed by atoms with E-state index in [1.165, 1.54) is 0 Å². The first kappa shape index (κ1) is 14.8. The summed E-state index contributed by atoms with van der Waals surface area (Å²) in [6.45, 7) is 5.33. The third-order valence-corrected chi connectivity index (χ3v) is 3.96. The summed E-state index contributed by atoms with van der Waals surface area (Å²) in [6.07, 6.45) is 1.59. The van der Waals surface area contributed by atoms with Crippen molar-refractivity contribution in [1.82, 2.24) is 9.78 Å². The molecule has 1 aliphatic heterocycles. The Kier molecular flexibility index (Phi) is 4.24. The summed E-state index contributed by atoms with van der Waals surface area (Å²) in [5, 5.41) is 7.49. The third-order valence-electron chi connectivity index (χ3n) is 3.96. The monoisotopic (exact) mass is 299 g/mol. The van der Waals surface area contributed by atoms with E-state index >= 15 is 0 Å². The third kappa shape index (κ3) is 3.20. The minimum atomic E-state index is 0.0473. The molecule has 1 aliphatic rings. The summed E-state index contributed by atoms with van der Waals surface area (Å²) in [7, 11) is 0. The number of amides is 1. The van der Waals surface area contributed by atoms with Crippen LogP contribution in [0.4, 0.5) is 5.69 Å². The Labute approximate surface area is 130 Å². The molecule has 116 valence electrons. The Balaban J connectivity index is 1.76. The Morgan fingerprint density at radius 2 is 2.05 bits per heavy atom. The summed E-state index contributed by atoms with van der Waals surface area (Å²) in [5.74, 6) is 0.125. The number of aromatic nitrogens is 2. The van der Waals surface area contributed by atoms with Crippen LogP contribution in [0.25, 0.3) is 5.69 Å². The summed E-state index contributed by atoms with van der Waals surface area (Å²) < 4.78 is 7.19. The van der Waals surface area contributed by atoms with Gasteiger partial charge >= 0.3 is 0 Å². The number of benzene rings is 1. The minimum absolute atomic E-state index is 0.0473. The molecule has 1 aromatic carbocycles. The standard InChI is InChI=1S/C17H21N3O2/c1-12-10-13(2)20(19-12)16-5-3-4-15(11-16)18-17(21)14-6-8-22-9-7-14/h3-5,10-11,14H,6-9H2,1-2H3,(H,18,21). The second kappa shape index (κ2) is 6.32. The van der Waals surface area contributed by atoms with Crippen LogP contribution in [0.3, 0.4) is 0 Å². The van der Waals surface area contributed by atoms with Crippen molar-refractivity contribution in [3.63, 3.8) is 0 Å². The van der Waals surface area contributed by atoms with E-state index in [-0.39, 0.29) is 11.8 Å². The van der Waals surface area contributed by atoms with Crippen molar-refractivity contribution in [1.29, 1.82) is 0 Å². The molecule has 5 heteroatoms. The van der Waals surface area contributed by atoms with Gasteiger partial charge in [0.25, 0.3) is 0 Å². The number of hydrogen-bond donors (Lipinski definition) is 1. The zero-order valence-corrected chi connectivity index (χ0v) is 13.0. The molecule has 0 atom stereocenters. The molecule has 1 amide bonds. The van der Waals surface area contributed by atoms with Gasteiger partial charge in [0.15, 0.2) is 0 Å². The quantitative estimate of drug-likeness (QED) is 0.948. The number of aryl methyl sites for hydroxylation is 2. The van der Waals surface area contributed by atoms with Crippen molar-refractivity contribution in [2.24, 2.45) is 5.92 Å². The van der Waals surface area contributed by atoms with Crippen LogP contribution in [0.1, 0.15) is 24.2 Å². The molecule has 3 rings (SSSR count). The highest BCUT2D eigenvalue weighted by Crippen LogP contribution is 2.20. The second-order valence-electron chi connectivity index (χ2n) is 5.77. The van der Waals surface area contributed by atoms with Crippen LogP contribution >= 0.6 is 0 Å². The van der Waals surface area contributed by atoms with E-state index in [1.807, 2.05) is 48.9 Å². The molecule has 22 heavy (non-hydrogen) atoms. The van der Waals surface area contributed by atoms with Crippen molar-refractivity contribution in [2.75, 3.05) is 18.5 Å². The summed E-state index contributed by atoms with van der Waals surface area (Å²) >= 11 is 0. The van der Waals surface area contributed by atoms with E-state index in [9.17, 15) is 4.79 Å². The lowest BCUT2D eigenvalue weighted by molar-refractivity contribution is -0.122. The van der Waals surface area contributed by atoms with Gasteiger partial charge in [-0.05, 0) is 51.0 Å². The topological polar surface area (TPSA) is 56.2 Å². The van der Waals surface area contributed by atoms with Crippen LogP contribution in [0.5, 0.6) is 0 Å². The smallest absolute Gasteiger partial charge is 0.227 e. The van der Waals surface area contributed by atoms with Gasteiger partial charge in [0.05, 0.1) is 11.4 Å². The van der Waals surface area contributed by atoms with Gasteiger partial charge in [0.1, 0.15) is 0 Å². The molecule has 0 saturated carbocycles. The number of carbonyl (C=O) groups excluding carboxylic acids is 1. The Morgan fingerprint density at radius 1 is 1.27 bits per heavy atom. The van der Waals surface area contributed by atoms with E-state index in [1.54, 1.807) is 0 Å². The van der Waals surface area contributed by atoms with Gasteiger partial charge in [-0.2, -0.15) is 5.10 Å². The minimum Gasteiger partial charge on any atom is -0.381 e. The lowest BCUT2D eigenvalue weighted by Gasteiger charge is -2.21. The number of rotatable bonds is 3. The van der Waals surface area contributed by atoms with Crippen LogP contribution in [0.2, 0.25) is 0 Å². The number of ether oxygens (including phenoxy) is 1. The first-order valence-corrected chi connectivity index (χ1v) is 7.66. The molecule has 2 aromatic rings. The maximum Gasteiger partial charge on any atom is 0.227 e. The lowest BCUT2D eigenvalue weighted by Crippen LogP contribution is -2.28. The molecular formula is C17H21N3O2. The second-order valence-corrected chi connectivity index (χ2v) is 5.77. The first-order chi connectivity index (χ1) is 10.6. The van der Waals surface area contributed by atoms with Crippen LogP contribution in [-0.4, -0.2) is 28.9 Å². The number of carbonyl (C=O) groups is 1. The molecule has 0 spiro atoms. The molecule has 0 bridgehead atoms. The Hall–Kier alpha value is -2.14. The largest absolute Gasteiger partial charge is 0.381 e. The predicted octanol–water partition coefficient (Wildman–Crippen LogP) is 2.85. The SMILES string of the molecule is Cc1cc(C)n(-c2cccc(NC(=O)C3CCOCC3)c2)n1.